The number of nitrogens with zero attached hydrogens (tertiary/aromatic N) is 2. The molecule has 1 aromatic heterocycles. The second-order valence-corrected chi connectivity index (χ2v) is 15.6. The van der Waals surface area contributed by atoms with Crippen LogP contribution >= 0.6 is 0 Å². The van der Waals surface area contributed by atoms with Crippen molar-refractivity contribution in [1.82, 2.24) is 9.97 Å². The quantitative estimate of drug-likeness (QED) is 0.166. The molecule has 0 fully saturated rings. The lowest BCUT2D eigenvalue weighted by Gasteiger charge is -2.31. The summed E-state index contributed by atoms with van der Waals surface area (Å²) in [6.07, 6.45) is 0. The van der Waals surface area contributed by atoms with Gasteiger partial charge in [0, 0.05) is 16.5 Å². The number of rotatable bonds is 2. The van der Waals surface area contributed by atoms with Gasteiger partial charge in [-0.2, -0.15) is 0 Å². The third-order valence-electron chi connectivity index (χ3n) is 12.8. The van der Waals surface area contributed by atoms with E-state index in [9.17, 15) is 0 Å². The molecule has 1 spiro atoms. The summed E-state index contributed by atoms with van der Waals surface area (Å²) in [5.41, 5.74) is 13.9. The van der Waals surface area contributed by atoms with Gasteiger partial charge in [0.2, 0.25) is 0 Å². The van der Waals surface area contributed by atoms with Crippen LogP contribution in [0.3, 0.4) is 0 Å². The van der Waals surface area contributed by atoms with Crippen molar-refractivity contribution in [3.8, 4) is 44.9 Å². The Morgan fingerprint density at radius 2 is 0.825 bits per heavy atom. The van der Waals surface area contributed by atoms with Crippen LogP contribution in [0.2, 0.25) is 0 Å². The van der Waals surface area contributed by atoms with Crippen LogP contribution in [0.25, 0.3) is 98.9 Å². The van der Waals surface area contributed by atoms with Gasteiger partial charge in [0.1, 0.15) is 0 Å². The molecule has 0 saturated carbocycles. The highest BCUT2D eigenvalue weighted by atomic mass is 14.9. The van der Waals surface area contributed by atoms with Gasteiger partial charge in [-0.15, -0.1) is 0 Å². The average Bonchev–Trinajstić information content (AvgIpc) is 3.74. The van der Waals surface area contributed by atoms with Crippen molar-refractivity contribution in [2.24, 2.45) is 0 Å². The fourth-order valence-electron chi connectivity index (χ4n) is 10.4. The summed E-state index contributed by atoms with van der Waals surface area (Å²) in [5, 5.41) is 11.2. The molecule has 262 valence electrons. The minimum Gasteiger partial charge on any atom is -0.228 e. The molecule has 1 unspecified atom stereocenters. The van der Waals surface area contributed by atoms with E-state index in [1.807, 2.05) is 0 Å². The Kier molecular flexibility index (Phi) is 6.13. The first kappa shape index (κ1) is 30.9. The van der Waals surface area contributed by atoms with Gasteiger partial charge in [-0.3, -0.25) is 0 Å². The minimum absolute atomic E-state index is 0.474. The Labute approximate surface area is 329 Å². The molecule has 13 rings (SSSR count). The van der Waals surface area contributed by atoms with Crippen LogP contribution in [0.5, 0.6) is 0 Å². The first-order valence-corrected chi connectivity index (χ1v) is 19.7. The summed E-state index contributed by atoms with van der Waals surface area (Å²) in [6, 6.07) is 71.4. The van der Waals surface area contributed by atoms with Crippen molar-refractivity contribution in [2.75, 3.05) is 0 Å². The number of hydrogen-bond donors (Lipinski definition) is 0. The van der Waals surface area contributed by atoms with E-state index < -0.39 is 5.41 Å². The van der Waals surface area contributed by atoms with Gasteiger partial charge in [-0.25, -0.2) is 9.97 Å². The summed E-state index contributed by atoms with van der Waals surface area (Å²) in [6.45, 7) is 0. The number of aromatic nitrogens is 2. The molecular formula is C55H32N2. The molecular weight excluding hydrogens is 689 g/mol. The van der Waals surface area contributed by atoms with E-state index in [0.717, 1.165) is 33.5 Å². The van der Waals surface area contributed by atoms with Gasteiger partial charge in [0.05, 0.1) is 16.6 Å². The first-order valence-electron chi connectivity index (χ1n) is 19.7. The molecule has 1 heterocycles. The number of para-hydroxylation sites is 1. The summed E-state index contributed by atoms with van der Waals surface area (Å²) in [7, 11) is 0. The van der Waals surface area contributed by atoms with Crippen LogP contribution in [0, 0.1) is 0 Å². The van der Waals surface area contributed by atoms with Crippen molar-refractivity contribution in [1.29, 1.82) is 0 Å². The lowest BCUT2D eigenvalue weighted by Crippen LogP contribution is -2.25. The van der Waals surface area contributed by atoms with Gasteiger partial charge in [0.25, 0.3) is 0 Å². The topological polar surface area (TPSA) is 25.8 Å². The zero-order chi connectivity index (χ0) is 37.2. The Morgan fingerprint density at radius 3 is 1.54 bits per heavy atom. The van der Waals surface area contributed by atoms with Crippen LogP contribution < -0.4 is 0 Å². The molecule has 0 aliphatic heterocycles. The van der Waals surface area contributed by atoms with E-state index in [1.165, 1.54) is 87.6 Å². The molecule has 57 heavy (non-hydrogen) atoms. The lowest BCUT2D eigenvalue weighted by atomic mass is 9.70. The smallest absolute Gasteiger partial charge is 0.160 e. The lowest BCUT2D eigenvalue weighted by molar-refractivity contribution is 0.795. The highest BCUT2D eigenvalue weighted by Gasteiger charge is 2.51. The molecule has 0 amide bonds. The SMILES string of the molecule is c1ccc2c(c1)-c1cc(-c3nc(-c4ccc5ccccc5c4)c4ccccc4n3)ccc1C21c2ccccc2-c2cc3c4ccccc4c4ccccc4c3cc21. The van der Waals surface area contributed by atoms with Gasteiger partial charge < -0.3 is 0 Å². The Hall–Kier alpha value is -7.42. The highest BCUT2D eigenvalue weighted by Crippen LogP contribution is 2.63. The Morgan fingerprint density at radius 1 is 0.298 bits per heavy atom. The maximum atomic E-state index is 5.37. The molecule has 0 N–H and O–H groups in total. The molecule has 0 saturated heterocycles. The van der Waals surface area contributed by atoms with Gasteiger partial charge in [-0.05, 0) is 118 Å². The third-order valence-corrected chi connectivity index (χ3v) is 12.8. The number of benzene rings is 10. The minimum atomic E-state index is -0.474. The molecule has 0 radical (unpaired) electrons. The van der Waals surface area contributed by atoms with Crippen molar-refractivity contribution < 1.29 is 0 Å². The van der Waals surface area contributed by atoms with Crippen molar-refractivity contribution in [3.63, 3.8) is 0 Å². The fourth-order valence-corrected chi connectivity index (χ4v) is 10.4. The van der Waals surface area contributed by atoms with Crippen molar-refractivity contribution in [3.05, 3.63) is 216 Å². The van der Waals surface area contributed by atoms with E-state index in [2.05, 4.69) is 194 Å². The van der Waals surface area contributed by atoms with Gasteiger partial charge in [0.15, 0.2) is 5.82 Å². The number of hydrogen-bond acceptors (Lipinski definition) is 2. The van der Waals surface area contributed by atoms with E-state index in [-0.39, 0.29) is 0 Å². The van der Waals surface area contributed by atoms with Crippen molar-refractivity contribution in [2.45, 2.75) is 5.41 Å². The maximum absolute atomic E-state index is 5.37. The Bertz CT molecular complexity index is 3540. The molecule has 2 nitrogen and oxygen atoms in total. The van der Waals surface area contributed by atoms with E-state index in [0.29, 0.717) is 0 Å². The standard InChI is InChI=1S/C55H32N2/c1-2-14-34-29-35(26-25-33(34)13-1)53-43-21-9-12-24-52(43)56-54(57-53)36-27-28-50-46(30-36)41-19-7-10-22-48(41)55(50)49-23-11-8-20-42(49)47-31-44-39-17-5-3-15-37(39)38-16-4-6-18-40(38)45(44)32-51(47)55/h1-32H. The second kappa shape index (κ2) is 11.3. The zero-order valence-electron chi connectivity index (χ0n) is 30.9. The predicted octanol–water partition coefficient (Wildman–Crippen LogP) is 13.9. The van der Waals surface area contributed by atoms with Crippen LogP contribution in [-0.4, -0.2) is 9.97 Å². The van der Waals surface area contributed by atoms with E-state index in [1.54, 1.807) is 0 Å². The molecule has 2 heteroatoms. The maximum Gasteiger partial charge on any atom is 0.160 e. The molecule has 2 aliphatic rings. The molecule has 11 aromatic rings. The molecule has 10 aromatic carbocycles. The number of fused-ring (bicyclic) bond motifs is 18. The average molecular weight is 721 g/mol. The zero-order valence-corrected chi connectivity index (χ0v) is 30.9. The first-order chi connectivity index (χ1) is 28.3. The Balaban J connectivity index is 1.08. The summed E-state index contributed by atoms with van der Waals surface area (Å²) >= 11 is 0. The second-order valence-electron chi connectivity index (χ2n) is 15.6. The highest BCUT2D eigenvalue weighted by molar-refractivity contribution is 6.26. The monoisotopic (exact) mass is 720 g/mol. The van der Waals surface area contributed by atoms with Gasteiger partial charge in [-0.1, -0.05) is 164 Å². The summed E-state index contributed by atoms with van der Waals surface area (Å²) in [5.74, 6) is 0.731. The summed E-state index contributed by atoms with van der Waals surface area (Å²) < 4.78 is 0. The summed E-state index contributed by atoms with van der Waals surface area (Å²) in [4.78, 5) is 10.6. The normalized spacial score (nSPS) is 15.1. The van der Waals surface area contributed by atoms with Crippen molar-refractivity contribution >= 4 is 54.0 Å². The molecule has 2 aliphatic carbocycles. The third kappa shape index (κ3) is 4.09. The fraction of sp³-hybridized carbons (Fsp3) is 0.0182. The van der Waals surface area contributed by atoms with E-state index in [4.69, 9.17) is 9.97 Å². The predicted molar refractivity (Wildman–Crippen MR) is 237 cm³/mol. The van der Waals surface area contributed by atoms with Crippen LogP contribution in [0.4, 0.5) is 0 Å². The van der Waals surface area contributed by atoms with E-state index >= 15 is 0 Å². The molecule has 0 bridgehead atoms. The van der Waals surface area contributed by atoms with Crippen LogP contribution in [0.15, 0.2) is 194 Å². The van der Waals surface area contributed by atoms with Crippen LogP contribution in [-0.2, 0) is 5.41 Å². The molecule has 1 atom stereocenters. The van der Waals surface area contributed by atoms with Gasteiger partial charge >= 0.3 is 0 Å². The van der Waals surface area contributed by atoms with Crippen LogP contribution in [0.1, 0.15) is 22.3 Å². The largest absolute Gasteiger partial charge is 0.228 e.